The largest absolute Gasteiger partial charge is 0.494 e. The molecule has 0 atom stereocenters. The van der Waals surface area contributed by atoms with Crippen LogP contribution in [0.1, 0.15) is 25.8 Å². The minimum absolute atomic E-state index is 0. The maximum absolute atomic E-state index is 11.3. The third-order valence-corrected chi connectivity index (χ3v) is 4.69. The molecule has 0 aromatic heterocycles. The Kier molecular flexibility index (Phi) is 12.6. The van der Waals surface area contributed by atoms with Crippen LogP contribution in [0, 0.1) is 0 Å². The molecule has 144 valence electrons. The number of aliphatic imine (C=N–C) groups is 1. The average Bonchev–Trinajstić information content (AvgIpc) is 2.58. The van der Waals surface area contributed by atoms with E-state index in [0.29, 0.717) is 38.6 Å². The van der Waals surface area contributed by atoms with Crippen molar-refractivity contribution in [2.75, 3.05) is 32.5 Å². The number of guanidine groups is 1. The van der Waals surface area contributed by atoms with Crippen LogP contribution in [0.5, 0.6) is 5.75 Å². The van der Waals surface area contributed by atoms with Gasteiger partial charge in [-0.15, -0.1) is 24.0 Å². The van der Waals surface area contributed by atoms with Crippen molar-refractivity contribution >= 4 is 40.0 Å². The highest BCUT2D eigenvalue weighted by molar-refractivity contribution is 14.0. The summed E-state index contributed by atoms with van der Waals surface area (Å²) < 4.78 is 30.8. The quantitative estimate of drug-likeness (QED) is 0.204. The summed E-state index contributed by atoms with van der Waals surface area (Å²) in [6.45, 7) is 5.83. The van der Waals surface area contributed by atoms with Crippen LogP contribution in [0.4, 0.5) is 0 Å². The summed E-state index contributed by atoms with van der Waals surface area (Å²) in [5.74, 6) is 1.62. The Labute approximate surface area is 168 Å². The van der Waals surface area contributed by atoms with Crippen molar-refractivity contribution in [3.05, 3.63) is 29.8 Å². The lowest BCUT2D eigenvalue weighted by molar-refractivity contribution is 0.336. The van der Waals surface area contributed by atoms with Crippen molar-refractivity contribution in [1.82, 2.24) is 15.4 Å². The molecule has 9 heteroatoms. The van der Waals surface area contributed by atoms with Crippen molar-refractivity contribution < 1.29 is 13.2 Å². The van der Waals surface area contributed by atoms with Gasteiger partial charge in [0.15, 0.2) is 5.96 Å². The molecule has 1 rings (SSSR count). The molecule has 1 aromatic rings. The number of benzene rings is 1. The predicted octanol–water partition coefficient (Wildman–Crippen LogP) is 1.70. The van der Waals surface area contributed by atoms with Gasteiger partial charge in [-0.05, 0) is 26.3 Å². The Balaban J connectivity index is 0.00000576. The van der Waals surface area contributed by atoms with E-state index < -0.39 is 10.0 Å². The van der Waals surface area contributed by atoms with E-state index in [9.17, 15) is 8.42 Å². The van der Waals surface area contributed by atoms with Crippen molar-refractivity contribution in [2.24, 2.45) is 4.99 Å². The van der Waals surface area contributed by atoms with Gasteiger partial charge in [0.05, 0.1) is 12.4 Å². The first-order chi connectivity index (χ1) is 11.5. The molecule has 3 N–H and O–H groups in total. The molecular formula is C16H29IN4O3S. The van der Waals surface area contributed by atoms with E-state index in [0.717, 1.165) is 11.3 Å². The number of nitrogens with zero attached hydrogens (tertiary/aromatic N) is 1. The Bertz CT molecular complexity index is 624. The highest BCUT2D eigenvalue weighted by Gasteiger charge is 2.06. The molecule has 0 aliphatic heterocycles. The summed E-state index contributed by atoms with van der Waals surface area (Å²) in [5.41, 5.74) is 1.05. The van der Waals surface area contributed by atoms with Crippen LogP contribution in [-0.4, -0.2) is 46.9 Å². The molecule has 0 unspecified atom stereocenters. The van der Waals surface area contributed by atoms with Crippen molar-refractivity contribution in [1.29, 1.82) is 0 Å². The van der Waals surface area contributed by atoms with Gasteiger partial charge in [0.25, 0.3) is 0 Å². The molecular weight excluding hydrogens is 455 g/mol. The Morgan fingerprint density at radius 1 is 1.16 bits per heavy atom. The van der Waals surface area contributed by atoms with E-state index >= 15 is 0 Å². The second-order valence-electron chi connectivity index (χ2n) is 5.04. The smallest absolute Gasteiger partial charge is 0.211 e. The van der Waals surface area contributed by atoms with Crippen LogP contribution >= 0.6 is 24.0 Å². The molecule has 25 heavy (non-hydrogen) atoms. The fourth-order valence-electron chi connectivity index (χ4n) is 1.97. The first kappa shape index (κ1) is 23.9. The van der Waals surface area contributed by atoms with E-state index in [1.807, 2.05) is 31.2 Å². The lowest BCUT2D eigenvalue weighted by atomic mass is 10.2. The zero-order chi connectivity index (χ0) is 17.8. The van der Waals surface area contributed by atoms with Gasteiger partial charge in [0.2, 0.25) is 10.0 Å². The van der Waals surface area contributed by atoms with Crippen LogP contribution < -0.4 is 20.1 Å². The van der Waals surface area contributed by atoms with E-state index in [4.69, 9.17) is 4.74 Å². The number of nitrogens with one attached hydrogen (secondary N) is 3. The third kappa shape index (κ3) is 9.85. The Hall–Kier alpha value is -1.07. The van der Waals surface area contributed by atoms with Crippen molar-refractivity contribution in [3.8, 4) is 5.75 Å². The molecule has 0 heterocycles. The summed E-state index contributed by atoms with van der Waals surface area (Å²) in [4.78, 5) is 4.16. The number of rotatable bonds is 10. The number of sulfonamides is 1. The van der Waals surface area contributed by atoms with Crippen molar-refractivity contribution in [2.45, 2.75) is 26.8 Å². The molecule has 0 aliphatic rings. The number of hydrogen-bond donors (Lipinski definition) is 3. The Morgan fingerprint density at radius 3 is 2.52 bits per heavy atom. The SMILES string of the molecule is CCOc1ccccc1CNC(=NC)NCCCNS(=O)(=O)CC.I. The van der Waals surface area contributed by atoms with Gasteiger partial charge in [-0.1, -0.05) is 18.2 Å². The molecule has 0 bridgehead atoms. The summed E-state index contributed by atoms with van der Waals surface area (Å²) in [6.07, 6.45) is 0.676. The standard InChI is InChI=1S/C16H28N4O3S.HI/c1-4-23-15-10-7-6-9-14(15)13-19-16(17-3)18-11-8-12-20-24(21,22)5-2;/h6-7,9-10,20H,4-5,8,11-13H2,1-3H3,(H2,17,18,19);1H. The molecule has 0 aliphatic carbocycles. The number of ether oxygens (including phenoxy) is 1. The first-order valence-electron chi connectivity index (χ1n) is 8.15. The highest BCUT2D eigenvalue weighted by Crippen LogP contribution is 2.17. The maximum atomic E-state index is 11.3. The highest BCUT2D eigenvalue weighted by atomic mass is 127. The normalized spacial score (nSPS) is 11.6. The van der Waals surface area contributed by atoms with Crippen LogP contribution in [0.15, 0.2) is 29.3 Å². The molecule has 0 fully saturated rings. The van der Waals surface area contributed by atoms with E-state index in [-0.39, 0.29) is 29.7 Å². The van der Waals surface area contributed by atoms with Gasteiger partial charge in [0, 0.05) is 32.2 Å². The zero-order valence-electron chi connectivity index (χ0n) is 15.0. The lowest BCUT2D eigenvalue weighted by Gasteiger charge is -2.14. The third-order valence-electron chi connectivity index (χ3n) is 3.29. The zero-order valence-corrected chi connectivity index (χ0v) is 18.2. The Morgan fingerprint density at radius 2 is 1.88 bits per heavy atom. The maximum Gasteiger partial charge on any atom is 0.211 e. The topological polar surface area (TPSA) is 91.8 Å². The van der Waals surface area contributed by atoms with Crippen molar-refractivity contribution in [3.63, 3.8) is 0 Å². The molecule has 0 saturated carbocycles. The summed E-state index contributed by atoms with van der Waals surface area (Å²) in [7, 11) is -1.42. The van der Waals surface area contributed by atoms with Crippen LogP contribution in [0.25, 0.3) is 0 Å². The molecule has 0 spiro atoms. The number of para-hydroxylation sites is 1. The monoisotopic (exact) mass is 484 g/mol. The van der Waals surface area contributed by atoms with Gasteiger partial charge in [-0.2, -0.15) is 0 Å². The predicted molar refractivity (Wildman–Crippen MR) is 113 cm³/mol. The van der Waals surface area contributed by atoms with Gasteiger partial charge in [-0.25, -0.2) is 13.1 Å². The molecule has 0 saturated heterocycles. The minimum Gasteiger partial charge on any atom is -0.494 e. The molecule has 7 nitrogen and oxygen atoms in total. The molecule has 0 radical (unpaired) electrons. The van der Waals surface area contributed by atoms with Gasteiger partial charge < -0.3 is 15.4 Å². The molecule has 1 aromatic carbocycles. The van der Waals surface area contributed by atoms with Gasteiger partial charge >= 0.3 is 0 Å². The number of halogens is 1. The second-order valence-corrected chi connectivity index (χ2v) is 7.14. The minimum atomic E-state index is -3.12. The fourth-order valence-corrected chi connectivity index (χ4v) is 2.63. The number of hydrogen-bond acceptors (Lipinski definition) is 4. The van der Waals surface area contributed by atoms with Crippen LogP contribution in [-0.2, 0) is 16.6 Å². The lowest BCUT2D eigenvalue weighted by Crippen LogP contribution is -2.38. The van der Waals surface area contributed by atoms with E-state index in [2.05, 4.69) is 20.3 Å². The average molecular weight is 484 g/mol. The van der Waals surface area contributed by atoms with E-state index in [1.165, 1.54) is 0 Å². The van der Waals surface area contributed by atoms with E-state index in [1.54, 1.807) is 14.0 Å². The summed E-state index contributed by atoms with van der Waals surface area (Å²) in [6, 6.07) is 7.86. The summed E-state index contributed by atoms with van der Waals surface area (Å²) >= 11 is 0. The second kappa shape index (κ2) is 13.2. The van der Waals surface area contributed by atoms with Gasteiger partial charge in [0.1, 0.15) is 5.75 Å². The summed E-state index contributed by atoms with van der Waals surface area (Å²) in [5, 5.41) is 6.38. The molecule has 0 amide bonds. The van der Waals surface area contributed by atoms with Crippen LogP contribution in [0.2, 0.25) is 0 Å². The van der Waals surface area contributed by atoms with Gasteiger partial charge in [-0.3, -0.25) is 4.99 Å². The fraction of sp³-hybridized carbons (Fsp3) is 0.562. The van der Waals surface area contributed by atoms with Crippen LogP contribution in [0.3, 0.4) is 0 Å². The first-order valence-corrected chi connectivity index (χ1v) is 9.80.